The van der Waals surface area contributed by atoms with Crippen molar-refractivity contribution < 1.29 is 4.79 Å². The van der Waals surface area contributed by atoms with E-state index in [2.05, 4.69) is 23.9 Å². The minimum absolute atomic E-state index is 0.412. The largest absolute Gasteiger partial charge is 0.397 e. The van der Waals surface area contributed by atoms with E-state index in [9.17, 15) is 4.79 Å². The van der Waals surface area contributed by atoms with Crippen LogP contribution in [0.4, 0.5) is 11.4 Å². The average Bonchev–Trinajstić information content (AvgIpc) is 2.76. The molecule has 5 heteroatoms. The maximum Gasteiger partial charge on any atom is 0.248 e. The molecule has 0 spiro atoms. The Morgan fingerprint density at radius 3 is 2.84 bits per heavy atom. The number of likely N-dealkylation sites (N-methyl/N-ethyl adjacent to an activating group) is 1. The zero-order chi connectivity index (χ0) is 14.0. The summed E-state index contributed by atoms with van der Waals surface area (Å²) in [5.41, 5.74) is 13.5. The number of nitrogens with zero attached hydrogens (tertiary/aromatic N) is 2. The van der Waals surface area contributed by atoms with Crippen LogP contribution < -0.4 is 16.4 Å². The smallest absolute Gasteiger partial charge is 0.248 e. The third kappa shape index (κ3) is 2.98. The van der Waals surface area contributed by atoms with Crippen LogP contribution >= 0.6 is 0 Å². The second kappa shape index (κ2) is 5.48. The summed E-state index contributed by atoms with van der Waals surface area (Å²) in [6.07, 6.45) is 2.30. The first-order valence-corrected chi connectivity index (χ1v) is 6.59. The molecule has 1 saturated heterocycles. The van der Waals surface area contributed by atoms with Crippen molar-refractivity contribution in [2.75, 3.05) is 37.8 Å². The first kappa shape index (κ1) is 13.7. The fraction of sp³-hybridized carbons (Fsp3) is 0.500. The number of rotatable bonds is 4. The summed E-state index contributed by atoms with van der Waals surface area (Å²) < 4.78 is 0. The number of hydrogen-bond donors (Lipinski definition) is 2. The monoisotopic (exact) mass is 262 g/mol. The quantitative estimate of drug-likeness (QED) is 0.790. The van der Waals surface area contributed by atoms with Gasteiger partial charge in [-0.1, -0.05) is 0 Å². The summed E-state index contributed by atoms with van der Waals surface area (Å²) >= 11 is 0. The Hall–Kier alpha value is -1.75. The van der Waals surface area contributed by atoms with E-state index in [1.165, 1.54) is 0 Å². The van der Waals surface area contributed by atoms with Crippen LogP contribution in [0.1, 0.15) is 23.2 Å². The van der Waals surface area contributed by atoms with Gasteiger partial charge in [-0.3, -0.25) is 4.79 Å². The normalized spacial score (nSPS) is 19.1. The SMILES string of the molecule is CN(C)CC1CCCN1c1cc(C(N)=O)ccc1N. The maximum absolute atomic E-state index is 11.3. The van der Waals surface area contributed by atoms with E-state index in [1.807, 2.05) is 6.07 Å². The highest BCUT2D eigenvalue weighted by Crippen LogP contribution is 2.31. The molecule has 104 valence electrons. The second-order valence-corrected chi connectivity index (χ2v) is 5.39. The Labute approximate surface area is 114 Å². The Bertz CT molecular complexity index is 473. The van der Waals surface area contributed by atoms with Gasteiger partial charge in [-0.25, -0.2) is 0 Å². The molecule has 5 nitrogen and oxygen atoms in total. The van der Waals surface area contributed by atoms with E-state index >= 15 is 0 Å². The molecule has 1 aromatic carbocycles. The number of benzene rings is 1. The van der Waals surface area contributed by atoms with E-state index in [0.717, 1.165) is 31.6 Å². The minimum atomic E-state index is -0.412. The van der Waals surface area contributed by atoms with E-state index < -0.39 is 5.91 Å². The van der Waals surface area contributed by atoms with Crippen LogP contribution in [0.2, 0.25) is 0 Å². The number of nitrogens with two attached hydrogens (primary N) is 2. The van der Waals surface area contributed by atoms with Crippen molar-refractivity contribution in [3.05, 3.63) is 23.8 Å². The van der Waals surface area contributed by atoms with Crippen molar-refractivity contribution in [1.82, 2.24) is 4.90 Å². The fourth-order valence-electron chi connectivity index (χ4n) is 2.71. The molecule has 1 atom stereocenters. The van der Waals surface area contributed by atoms with Gasteiger partial charge < -0.3 is 21.3 Å². The van der Waals surface area contributed by atoms with Gasteiger partial charge in [0.2, 0.25) is 5.91 Å². The fourth-order valence-corrected chi connectivity index (χ4v) is 2.71. The summed E-state index contributed by atoms with van der Waals surface area (Å²) in [4.78, 5) is 15.8. The summed E-state index contributed by atoms with van der Waals surface area (Å²) in [5.74, 6) is -0.412. The molecule has 0 aromatic heterocycles. The van der Waals surface area contributed by atoms with Crippen LogP contribution in [-0.2, 0) is 0 Å². The number of hydrogen-bond acceptors (Lipinski definition) is 4. The lowest BCUT2D eigenvalue weighted by Gasteiger charge is -2.30. The van der Waals surface area contributed by atoms with Crippen molar-refractivity contribution in [3.8, 4) is 0 Å². The summed E-state index contributed by atoms with van der Waals surface area (Å²) in [5, 5.41) is 0. The molecule has 0 aliphatic carbocycles. The number of amides is 1. The van der Waals surface area contributed by atoms with Crippen LogP contribution in [-0.4, -0.2) is 44.0 Å². The van der Waals surface area contributed by atoms with Crippen molar-refractivity contribution in [2.45, 2.75) is 18.9 Å². The molecular formula is C14H22N4O. The van der Waals surface area contributed by atoms with Crippen LogP contribution in [0.3, 0.4) is 0 Å². The van der Waals surface area contributed by atoms with Crippen LogP contribution in [0.25, 0.3) is 0 Å². The number of anilines is 2. The van der Waals surface area contributed by atoms with E-state index in [1.54, 1.807) is 12.1 Å². The number of carbonyl (C=O) groups excluding carboxylic acids is 1. The van der Waals surface area contributed by atoms with Gasteiger partial charge in [0.25, 0.3) is 0 Å². The third-order valence-electron chi connectivity index (χ3n) is 3.58. The zero-order valence-electron chi connectivity index (χ0n) is 11.6. The van der Waals surface area contributed by atoms with E-state index in [4.69, 9.17) is 11.5 Å². The average molecular weight is 262 g/mol. The highest BCUT2D eigenvalue weighted by atomic mass is 16.1. The lowest BCUT2D eigenvalue weighted by Crippen LogP contribution is -2.38. The van der Waals surface area contributed by atoms with Gasteiger partial charge >= 0.3 is 0 Å². The minimum Gasteiger partial charge on any atom is -0.397 e. The lowest BCUT2D eigenvalue weighted by atomic mass is 10.1. The first-order chi connectivity index (χ1) is 8.99. The molecule has 19 heavy (non-hydrogen) atoms. The van der Waals surface area contributed by atoms with Gasteiger partial charge in [0.1, 0.15) is 0 Å². The molecule has 1 unspecified atom stereocenters. The molecular weight excluding hydrogens is 240 g/mol. The number of carbonyl (C=O) groups is 1. The Kier molecular flexibility index (Phi) is 3.95. The van der Waals surface area contributed by atoms with Gasteiger partial charge in [-0.2, -0.15) is 0 Å². The number of nitrogen functional groups attached to an aromatic ring is 1. The summed E-state index contributed by atoms with van der Waals surface area (Å²) in [6.45, 7) is 1.96. The van der Waals surface area contributed by atoms with Gasteiger partial charge in [0.15, 0.2) is 0 Å². The maximum atomic E-state index is 11.3. The molecule has 2 rings (SSSR count). The molecule has 4 N–H and O–H groups in total. The highest BCUT2D eigenvalue weighted by molar-refractivity contribution is 5.95. The van der Waals surface area contributed by atoms with Gasteiger partial charge in [-0.15, -0.1) is 0 Å². The van der Waals surface area contributed by atoms with Crippen LogP contribution in [0, 0.1) is 0 Å². The molecule has 1 fully saturated rings. The van der Waals surface area contributed by atoms with E-state index in [0.29, 0.717) is 17.3 Å². The summed E-state index contributed by atoms with van der Waals surface area (Å²) in [7, 11) is 4.14. The third-order valence-corrected chi connectivity index (χ3v) is 3.58. The molecule has 0 radical (unpaired) electrons. The molecule has 1 heterocycles. The Morgan fingerprint density at radius 1 is 1.47 bits per heavy atom. The van der Waals surface area contributed by atoms with Crippen molar-refractivity contribution in [3.63, 3.8) is 0 Å². The molecule has 1 amide bonds. The molecule has 1 aromatic rings. The second-order valence-electron chi connectivity index (χ2n) is 5.39. The molecule has 1 aliphatic rings. The molecule has 1 aliphatic heterocycles. The topological polar surface area (TPSA) is 75.6 Å². The summed E-state index contributed by atoms with van der Waals surface area (Å²) in [6, 6.07) is 5.70. The molecule has 0 bridgehead atoms. The predicted octanol–water partition coefficient (Wildman–Crippen LogP) is 0.898. The van der Waals surface area contributed by atoms with Gasteiger partial charge in [0.05, 0.1) is 11.4 Å². The lowest BCUT2D eigenvalue weighted by molar-refractivity contribution is 0.100. The first-order valence-electron chi connectivity index (χ1n) is 6.59. The van der Waals surface area contributed by atoms with Gasteiger partial charge in [-0.05, 0) is 45.1 Å². The van der Waals surface area contributed by atoms with Crippen molar-refractivity contribution in [1.29, 1.82) is 0 Å². The predicted molar refractivity (Wildman–Crippen MR) is 78.3 cm³/mol. The van der Waals surface area contributed by atoms with Crippen molar-refractivity contribution >= 4 is 17.3 Å². The number of primary amides is 1. The molecule has 0 saturated carbocycles. The Balaban J connectivity index is 2.29. The Morgan fingerprint density at radius 2 is 2.21 bits per heavy atom. The highest BCUT2D eigenvalue weighted by Gasteiger charge is 2.26. The van der Waals surface area contributed by atoms with Crippen LogP contribution in [0.5, 0.6) is 0 Å². The standard InChI is InChI=1S/C14H22N4O/c1-17(2)9-11-4-3-7-18(11)13-8-10(14(16)19)5-6-12(13)15/h5-6,8,11H,3-4,7,9,15H2,1-2H3,(H2,16,19). The zero-order valence-corrected chi connectivity index (χ0v) is 11.6. The van der Waals surface area contributed by atoms with Gasteiger partial charge in [0, 0.05) is 24.7 Å². The van der Waals surface area contributed by atoms with E-state index in [-0.39, 0.29) is 0 Å². The van der Waals surface area contributed by atoms with Crippen LogP contribution in [0.15, 0.2) is 18.2 Å². The van der Waals surface area contributed by atoms with Crippen molar-refractivity contribution in [2.24, 2.45) is 5.73 Å².